The zero-order chi connectivity index (χ0) is 13.1. The van der Waals surface area contributed by atoms with Crippen molar-refractivity contribution in [2.45, 2.75) is 26.4 Å². The van der Waals surface area contributed by atoms with Gasteiger partial charge in [0.25, 0.3) is 0 Å². The third kappa shape index (κ3) is 2.38. The van der Waals surface area contributed by atoms with Crippen LogP contribution in [-0.2, 0) is 6.61 Å². The molecule has 0 aliphatic rings. The van der Waals surface area contributed by atoms with Gasteiger partial charge in [-0.25, -0.2) is 4.68 Å². The molecule has 96 valence electrons. The molecule has 1 heterocycles. The van der Waals surface area contributed by atoms with Crippen LogP contribution in [-0.4, -0.2) is 22.0 Å². The van der Waals surface area contributed by atoms with Gasteiger partial charge in [0.1, 0.15) is 0 Å². The van der Waals surface area contributed by atoms with Gasteiger partial charge in [-0.05, 0) is 23.6 Å². The normalized spacial score (nSPS) is 10.9. The van der Waals surface area contributed by atoms with Gasteiger partial charge in [0.2, 0.25) is 5.88 Å². The fourth-order valence-electron chi connectivity index (χ4n) is 1.82. The minimum absolute atomic E-state index is 0.0898. The fourth-order valence-corrected chi connectivity index (χ4v) is 1.82. The van der Waals surface area contributed by atoms with Crippen molar-refractivity contribution in [1.29, 1.82) is 0 Å². The predicted molar refractivity (Wildman–Crippen MR) is 70.1 cm³/mol. The maximum Gasteiger partial charge on any atom is 0.216 e. The van der Waals surface area contributed by atoms with Crippen molar-refractivity contribution in [2.24, 2.45) is 0 Å². The fraction of sp³-hybridized carbons (Fsp3) is 0.357. The first-order valence-electron chi connectivity index (χ1n) is 6.00. The van der Waals surface area contributed by atoms with Crippen LogP contribution in [0.5, 0.6) is 5.88 Å². The lowest BCUT2D eigenvalue weighted by atomic mass is 10.0. The summed E-state index contributed by atoms with van der Waals surface area (Å²) in [7, 11) is 1.59. The Morgan fingerprint density at radius 1 is 1.28 bits per heavy atom. The molecule has 0 bridgehead atoms. The van der Waals surface area contributed by atoms with E-state index in [1.165, 1.54) is 5.56 Å². The lowest BCUT2D eigenvalue weighted by Gasteiger charge is -2.08. The number of ether oxygens (including phenoxy) is 1. The molecule has 0 saturated heterocycles. The van der Waals surface area contributed by atoms with Crippen LogP contribution >= 0.6 is 0 Å². The zero-order valence-electron chi connectivity index (χ0n) is 10.9. The summed E-state index contributed by atoms with van der Waals surface area (Å²) in [5.41, 5.74) is 2.81. The van der Waals surface area contributed by atoms with Crippen LogP contribution in [0.3, 0.4) is 0 Å². The highest BCUT2D eigenvalue weighted by Crippen LogP contribution is 2.21. The van der Waals surface area contributed by atoms with Crippen LogP contribution in [0.15, 0.2) is 30.3 Å². The predicted octanol–water partition coefficient (Wildman–Crippen LogP) is 2.50. The van der Waals surface area contributed by atoms with E-state index in [0.717, 1.165) is 5.69 Å². The molecule has 1 aromatic carbocycles. The van der Waals surface area contributed by atoms with Gasteiger partial charge >= 0.3 is 0 Å². The molecular formula is C14H18N2O2. The highest BCUT2D eigenvalue weighted by Gasteiger charge is 2.09. The van der Waals surface area contributed by atoms with Crippen molar-refractivity contribution in [2.75, 3.05) is 7.11 Å². The van der Waals surface area contributed by atoms with Gasteiger partial charge in [-0.3, -0.25) is 0 Å². The smallest absolute Gasteiger partial charge is 0.216 e. The van der Waals surface area contributed by atoms with Crippen LogP contribution in [0.4, 0.5) is 0 Å². The second-order valence-corrected chi connectivity index (χ2v) is 4.49. The number of aromatic nitrogens is 2. The standard InChI is InChI=1S/C14H18N2O2/c1-10(2)11-4-6-13(7-5-11)16-14(18-3)8-12(9-17)15-16/h4-8,10,17H,9H2,1-3H3. The average molecular weight is 246 g/mol. The van der Waals surface area contributed by atoms with Gasteiger partial charge in [0, 0.05) is 6.07 Å². The SMILES string of the molecule is COc1cc(CO)nn1-c1ccc(C(C)C)cc1. The van der Waals surface area contributed by atoms with Crippen LogP contribution in [0, 0.1) is 0 Å². The molecule has 4 heteroatoms. The Labute approximate surface area is 107 Å². The van der Waals surface area contributed by atoms with E-state index in [-0.39, 0.29) is 6.61 Å². The molecule has 0 aliphatic carbocycles. The lowest BCUT2D eigenvalue weighted by molar-refractivity contribution is 0.276. The summed E-state index contributed by atoms with van der Waals surface area (Å²) in [6.07, 6.45) is 0. The molecule has 2 rings (SSSR count). The molecule has 0 atom stereocenters. The van der Waals surface area contributed by atoms with E-state index >= 15 is 0 Å². The summed E-state index contributed by atoms with van der Waals surface area (Å²) in [6.45, 7) is 4.23. The number of nitrogens with zero attached hydrogens (tertiary/aromatic N) is 2. The number of rotatable bonds is 4. The van der Waals surface area contributed by atoms with Gasteiger partial charge in [-0.15, -0.1) is 0 Å². The van der Waals surface area contributed by atoms with Gasteiger partial charge in [0.05, 0.1) is 25.1 Å². The summed E-state index contributed by atoms with van der Waals surface area (Å²) in [5.74, 6) is 1.13. The van der Waals surface area contributed by atoms with E-state index in [2.05, 4.69) is 31.1 Å². The Bertz CT molecular complexity index is 515. The van der Waals surface area contributed by atoms with Crippen molar-refractivity contribution >= 4 is 0 Å². The average Bonchev–Trinajstić information content (AvgIpc) is 2.82. The second-order valence-electron chi connectivity index (χ2n) is 4.49. The Balaban J connectivity index is 2.38. The number of hydrogen-bond acceptors (Lipinski definition) is 3. The Morgan fingerprint density at radius 2 is 1.94 bits per heavy atom. The summed E-state index contributed by atoms with van der Waals surface area (Å²) in [5, 5.41) is 13.4. The van der Waals surface area contributed by atoms with E-state index in [0.29, 0.717) is 17.5 Å². The van der Waals surface area contributed by atoms with Gasteiger partial charge in [0.15, 0.2) is 0 Å². The molecule has 0 fully saturated rings. The van der Waals surface area contributed by atoms with Gasteiger partial charge < -0.3 is 9.84 Å². The maximum absolute atomic E-state index is 9.10. The van der Waals surface area contributed by atoms with Crippen LogP contribution in [0.1, 0.15) is 31.0 Å². The number of aliphatic hydroxyl groups is 1. The third-order valence-electron chi connectivity index (χ3n) is 2.90. The maximum atomic E-state index is 9.10. The summed E-state index contributed by atoms with van der Waals surface area (Å²) in [4.78, 5) is 0. The molecule has 0 spiro atoms. The zero-order valence-corrected chi connectivity index (χ0v) is 10.9. The molecule has 1 N–H and O–H groups in total. The van der Waals surface area contributed by atoms with Crippen molar-refractivity contribution in [3.63, 3.8) is 0 Å². The molecule has 0 radical (unpaired) electrons. The van der Waals surface area contributed by atoms with E-state index < -0.39 is 0 Å². The summed E-state index contributed by atoms with van der Waals surface area (Å²) in [6, 6.07) is 9.91. The Morgan fingerprint density at radius 3 is 2.44 bits per heavy atom. The topological polar surface area (TPSA) is 47.3 Å². The molecular weight excluding hydrogens is 228 g/mol. The van der Waals surface area contributed by atoms with E-state index in [9.17, 15) is 0 Å². The van der Waals surface area contributed by atoms with Crippen molar-refractivity contribution < 1.29 is 9.84 Å². The summed E-state index contributed by atoms with van der Waals surface area (Å²) >= 11 is 0. The van der Waals surface area contributed by atoms with Crippen LogP contribution < -0.4 is 4.74 Å². The largest absolute Gasteiger partial charge is 0.481 e. The quantitative estimate of drug-likeness (QED) is 0.901. The molecule has 18 heavy (non-hydrogen) atoms. The monoisotopic (exact) mass is 246 g/mol. The Hall–Kier alpha value is -1.81. The third-order valence-corrected chi connectivity index (χ3v) is 2.90. The highest BCUT2D eigenvalue weighted by atomic mass is 16.5. The first kappa shape index (κ1) is 12.6. The number of benzene rings is 1. The van der Waals surface area contributed by atoms with Gasteiger partial charge in [-0.1, -0.05) is 26.0 Å². The molecule has 0 unspecified atom stereocenters. The molecule has 4 nitrogen and oxygen atoms in total. The molecule has 0 amide bonds. The minimum Gasteiger partial charge on any atom is -0.481 e. The van der Waals surface area contributed by atoms with Crippen molar-refractivity contribution in [3.8, 4) is 11.6 Å². The Kier molecular flexibility index (Phi) is 3.67. The number of aliphatic hydroxyl groups excluding tert-OH is 1. The molecule has 1 aromatic heterocycles. The van der Waals surface area contributed by atoms with E-state index in [1.807, 2.05) is 12.1 Å². The molecule has 0 aliphatic heterocycles. The second kappa shape index (κ2) is 5.23. The lowest BCUT2D eigenvalue weighted by Crippen LogP contribution is -2.00. The molecule has 0 saturated carbocycles. The first-order chi connectivity index (χ1) is 8.65. The minimum atomic E-state index is -0.0898. The van der Waals surface area contributed by atoms with Crippen molar-refractivity contribution in [3.05, 3.63) is 41.6 Å². The number of hydrogen-bond donors (Lipinski definition) is 1. The summed E-state index contributed by atoms with van der Waals surface area (Å²) < 4.78 is 6.94. The van der Waals surface area contributed by atoms with Gasteiger partial charge in [-0.2, -0.15) is 5.10 Å². The first-order valence-corrected chi connectivity index (χ1v) is 6.00. The highest BCUT2D eigenvalue weighted by molar-refractivity contribution is 5.38. The van der Waals surface area contributed by atoms with Crippen LogP contribution in [0.2, 0.25) is 0 Å². The van der Waals surface area contributed by atoms with Crippen molar-refractivity contribution in [1.82, 2.24) is 9.78 Å². The number of methoxy groups -OCH3 is 1. The molecule has 2 aromatic rings. The van der Waals surface area contributed by atoms with E-state index in [1.54, 1.807) is 17.9 Å². The van der Waals surface area contributed by atoms with Crippen LogP contribution in [0.25, 0.3) is 5.69 Å². The van der Waals surface area contributed by atoms with E-state index in [4.69, 9.17) is 9.84 Å².